The van der Waals surface area contributed by atoms with Gasteiger partial charge < -0.3 is 19.1 Å². The van der Waals surface area contributed by atoms with Crippen molar-refractivity contribution in [2.75, 3.05) is 26.9 Å². The molecule has 0 heterocycles. The van der Waals surface area contributed by atoms with Crippen LogP contribution in [0, 0.1) is 12.7 Å². The predicted molar refractivity (Wildman–Crippen MR) is 107 cm³/mol. The lowest BCUT2D eigenvalue weighted by molar-refractivity contribution is -0.134. The van der Waals surface area contributed by atoms with Crippen LogP contribution < -0.4 is 9.47 Å². The zero-order valence-electron chi connectivity index (χ0n) is 17.2. The van der Waals surface area contributed by atoms with E-state index in [-0.39, 0.29) is 11.5 Å². The maximum Gasteiger partial charge on any atom is 0.338 e. The molecule has 29 heavy (non-hydrogen) atoms. The first kappa shape index (κ1) is 22.2. The van der Waals surface area contributed by atoms with Crippen LogP contribution in [0.15, 0.2) is 36.4 Å². The second kappa shape index (κ2) is 10.5. The van der Waals surface area contributed by atoms with Gasteiger partial charge in [-0.2, -0.15) is 0 Å². The van der Waals surface area contributed by atoms with Gasteiger partial charge in [0.2, 0.25) is 0 Å². The molecule has 156 valence electrons. The number of benzene rings is 2. The monoisotopic (exact) mass is 403 g/mol. The first-order valence-electron chi connectivity index (χ1n) is 9.40. The molecule has 0 spiro atoms. The number of hydrogen-bond acceptors (Lipinski definition) is 5. The van der Waals surface area contributed by atoms with E-state index in [0.717, 1.165) is 11.6 Å². The maximum atomic E-state index is 13.6. The van der Waals surface area contributed by atoms with Crippen LogP contribution in [0.4, 0.5) is 4.39 Å². The molecular formula is C22H26FNO5. The molecule has 0 N–H and O–H groups in total. The van der Waals surface area contributed by atoms with Gasteiger partial charge in [0, 0.05) is 13.1 Å². The van der Waals surface area contributed by atoms with Crippen LogP contribution in [-0.2, 0) is 16.1 Å². The van der Waals surface area contributed by atoms with Crippen LogP contribution in [0.2, 0.25) is 0 Å². The molecular weight excluding hydrogens is 377 g/mol. The van der Waals surface area contributed by atoms with Gasteiger partial charge in [-0.1, -0.05) is 12.1 Å². The van der Waals surface area contributed by atoms with Gasteiger partial charge in [0.15, 0.2) is 18.1 Å². The third-order valence-electron chi connectivity index (χ3n) is 4.37. The van der Waals surface area contributed by atoms with Crippen molar-refractivity contribution in [2.45, 2.75) is 27.3 Å². The Morgan fingerprint density at radius 1 is 1.07 bits per heavy atom. The third kappa shape index (κ3) is 5.94. The number of carbonyl (C=O) groups is 2. The first-order chi connectivity index (χ1) is 13.9. The average molecular weight is 403 g/mol. The van der Waals surface area contributed by atoms with Crippen molar-refractivity contribution < 1.29 is 28.2 Å². The number of carbonyl (C=O) groups excluding carboxylic acids is 2. The number of aryl methyl sites for hydroxylation is 1. The number of methoxy groups -OCH3 is 1. The zero-order chi connectivity index (χ0) is 21.4. The predicted octanol–water partition coefficient (Wildman–Crippen LogP) is 3.75. The van der Waals surface area contributed by atoms with Crippen LogP contribution in [-0.4, -0.2) is 43.6 Å². The van der Waals surface area contributed by atoms with E-state index in [1.165, 1.54) is 12.1 Å². The number of halogens is 1. The van der Waals surface area contributed by atoms with Crippen molar-refractivity contribution in [3.05, 3.63) is 58.9 Å². The van der Waals surface area contributed by atoms with Gasteiger partial charge in [-0.05, 0) is 56.2 Å². The molecule has 0 bridgehead atoms. The molecule has 0 saturated heterocycles. The van der Waals surface area contributed by atoms with Crippen molar-refractivity contribution in [2.24, 2.45) is 0 Å². The van der Waals surface area contributed by atoms with Crippen LogP contribution in [0.3, 0.4) is 0 Å². The topological polar surface area (TPSA) is 65.1 Å². The second-order valence-electron chi connectivity index (χ2n) is 6.37. The van der Waals surface area contributed by atoms with E-state index >= 15 is 0 Å². The largest absolute Gasteiger partial charge is 0.493 e. The molecule has 0 fully saturated rings. The molecule has 0 saturated carbocycles. The van der Waals surface area contributed by atoms with Crippen LogP contribution in [0.1, 0.15) is 35.3 Å². The zero-order valence-corrected chi connectivity index (χ0v) is 17.2. The van der Waals surface area contributed by atoms with Gasteiger partial charge >= 0.3 is 5.97 Å². The van der Waals surface area contributed by atoms with Crippen molar-refractivity contribution in [3.8, 4) is 11.5 Å². The molecule has 2 aromatic carbocycles. The summed E-state index contributed by atoms with van der Waals surface area (Å²) in [6.07, 6.45) is 0. The molecule has 0 aliphatic heterocycles. The maximum absolute atomic E-state index is 13.6. The van der Waals surface area contributed by atoms with Crippen LogP contribution in [0.5, 0.6) is 11.5 Å². The Bertz CT molecular complexity index is 868. The molecule has 2 aromatic rings. The van der Waals surface area contributed by atoms with E-state index in [1.54, 1.807) is 25.0 Å². The van der Waals surface area contributed by atoms with Crippen LogP contribution in [0.25, 0.3) is 0 Å². The Balaban J connectivity index is 1.99. The molecule has 7 heteroatoms. The normalized spacial score (nSPS) is 10.4. The number of likely N-dealkylation sites (N-methyl/N-ethyl adjacent to an activating group) is 1. The van der Waals surface area contributed by atoms with Gasteiger partial charge in [-0.15, -0.1) is 0 Å². The molecule has 2 rings (SSSR count). The lowest BCUT2D eigenvalue weighted by Crippen LogP contribution is -2.34. The third-order valence-corrected chi connectivity index (χ3v) is 4.37. The minimum absolute atomic E-state index is 0.0696. The number of esters is 1. The van der Waals surface area contributed by atoms with Crippen molar-refractivity contribution in [3.63, 3.8) is 0 Å². The highest BCUT2D eigenvalue weighted by atomic mass is 19.1. The number of rotatable bonds is 9. The standard InChI is InChI=1S/C22H26FNO5/c1-5-24(13-16-8-10-19(28-6-2)20(11-16)27-4)21(25)14-29-22(26)17-9-7-15(3)18(23)12-17/h7-12H,5-6,13-14H2,1-4H3. The molecule has 0 atom stereocenters. The van der Waals surface area contributed by atoms with E-state index in [4.69, 9.17) is 14.2 Å². The molecule has 0 aromatic heterocycles. The fraction of sp³-hybridized carbons (Fsp3) is 0.364. The van der Waals surface area contributed by atoms with Gasteiger partial charge in [0.05, 0.1) is 19.3 Å². The summed E-state index contributed by atoms with van der Waals surface area (Å²) in [7, 11) is 1.55. The van der Waals surface area contributed by atoms with E-state index < -0.39 is 18.4 Å². The van der Waals surface area contributed by atoms with Crippen molar-refractivity contribution >= 4 is 11.9 Å². The van der Waals surface area contributed by atoms with Crippen LogP contribution >= 0.6 is 0 Å². The lowest BCUT2D eigenvalue weighted by atomic mass is 10.1. The number of amides is 1. The molecule has 6 nitrogen and oxygen atoms in total. The average Bonchev–Trinajstić information content (AvgIpc) is 2.72. The van der Waals surface area contributed by atoms with E-state index in [2.05, 4.69) is 0 Å². The molecule has 1 amide bonds. The van der Waals surface area contributed by atoms with Gasteiger partial charge in [-0.3, -0.25) is 4.79 Å². The summed E-state index contributed by atoms with van der Waals surface area (Å²) < 4.78 is 29.5. The summed E-state index contributed by atoms with van der Waals surface area (Å²) in [4.78, 5) is 26.1. The SMILES string of the molecule is CCOc1ccc(CN(CC)C(=O)COC(=O)c2ccc(C)c(F)c2)cc1OC. The fourth-order valence-corrected chi connectivity index (χ4v) is 2.70. The van der Waals surface area contributed by atoms with E-state index in [1.807, 2.05) is 26.0 Å². The smallest absolute Gasteiger partial charge is 0.338 e. The Morgan fingerprint density at radius 2 is 1.83 bits per heavy atom. The summed E-state index contributed by atoms with van der Waals surface area (Å²) >= 11 is 0. The fourth-order valence-electron chi connectivity index (χ4n) is 2.70. The highest BCUT2D eigenvalue weighted by molar-refractivity contribution is 5.91. The van der Waals surface area contributed by atoms with E-state index in [0.29, 0.717) is 36.8 Å². The minimum Gasteiger partial charge on any atom is -0.493 e. The molecule has 0 unspecified atom stereocenters. The van der Waals surface area contributed by atoms with Gasteiger partial charge in [0.25, 0.3) is 5.91 Å². The minimum atomic E-state index is -0.740. The van der Waals surface area contributed by atoms with E-state index in [9.17, 15) is 14.0 Å². The highest BCUT2D eigenvalue weighted by Gasteiger charge is 2.17. The quantitative estimate of drug-likeness (QED) is 0.597. The van der Waals surface area contributed by atoms with Gasteiger partial charge in [-0.25, -0.2) is 9.18 Å². The summed E-state index contributed by atoms with van der Waals surface area (Å²) in [6.45, 7) is 6.18. The molecule has 0 aliphatic rings. The molecule has 0 aliphatic carbocycles. The highest BCUT2D eigenvalue weighted by Crippen LogP contribution is 2.28. The second-order valence-corrected chi connectivity index (χ2v) is 6.37. The Kier molecular flexibility index (Phi) is 8.00. The summed E-state index contributed by atoms with van der Waals surface area (Å²) in [6, 6.07) is 9.51. The number of ether oxygens (including phenoxy) is 3. The Morgan fingerprint density at radius 3 is 2.45 bits per heavy atom. The van der Waals surface area contributed by atoms with Crippen molar-refractivity contribution in [1.82, 2.24) is 4.90 Å². The Labute approximate surface area is 170 Å². The summed E-state index contributed by atoms with van der Waals surface area (Å²) in [5.74, 6) is -0.365. The lowest BCUT2D eigenvalue weighted by Gasteiger charge is -2.21. The number of hydrogen-bond donors (Lipinski definition) is 0. The summed E-state index contributed by atoms with van der Waals surface area (Å²) in [5.41, 5.74) is 1.35. The van der Waals surface area contributed by atoms with Crippen molar-refractivity contribution in [1.29, 1.82) is 0 Å². The first-order valence-corrected chi connectivity index (χ1v) is 9.40. The summed E-state index contributed by atoms with van der Waals surface area (Å²) in [5, 5.41) is 0. The van der Waals surface area contributed by atoms with Gasteiger partial charge in [0.1, 0.15) is 5.82 Å². The molecule has 0 radical (unpaired) electrons. The number of nitrogens with zero attached hydrogens (tertiary/aromatic N) is 1. The Hall–Kier alpha value is -3.09.